The number of rotatable bonds is 15. The number of imidazole rings is 1. The van der Waals surface area contributed by atoms with Crippen molar-refractivity contribution in [3.63, 3.8) is 0 Å². The molecule has 0 saturated carbocycles. The largest absolute Gasteiger partial charge is 0.461 e. The van der Waals surface area contributed by atoms with E-state index in [0.717, 1.165) is 53.3 Å². The van der Waals surface area contributed by atoms with Crippen LogP contribution >= 0.6 is 0 Å². The molecule has 0 aliphatic carbocycles. The van der Waals surface area contributed by atoms with Gasteiger partial charge in [0.15, 0.2) is 11.5 Å². The van der Waals surface area contributed by atoms with Crippen LogP contribution < -0.4 is 14.2 Å². The Labute approximate surface area is 290 Å². The number of hydrogen-bond acceptors (Lipinski definition) is 5. The lowest BCUT2D eigenvalue weighted by Gasteiger charge is -2.25. The molecular formula is C40H41F4N3O3. The summed E-state index contributed by atoms with van der Waals surface area (Å²) in [5.74, 6) is 2.18. The summed E-state index contributed by atoms with van der Waals surface area (Å²) in [6.07, 6.45) is -6.64. The topological polar surface area (TPSA) is 48.8 Å². The molecule has 0 bridgehead atoms. The fourth-order valence-corrected chi connectivity index (χ4v) is 6.13. The minimum absolute atomic E-state index is 0.149. The number of halogens is 4. The van der Waals surface area contributed by atoms with Crippen LogP contribution in [0.3, 0.4) is 0 Å². The van der Waals surface area contributed by atoms with Gasteiger partial charge in [-0.1, -0.05) is 93.9 Å². The molecule has 0 saturated heterocycles. The van der Waals surface area contributed by atoms with Crippen LogP contribution in [0.2, 0.25) is 0 Å². The lowest BCUT2D eigenvalue weighted by molar-refractivity contribution is -0.253. The Hall–Kier alpha value is -4.83. The van der Waals surface area contributed by atoms with Gasteiger partial charge in [-0.15, -0.1) is 0 Å². The first-order valence-electron chi connectivity index (χ1n) is 16.9. The van der Waals surface area contributed by atoms with Crippen molar-refractivity contribution in [1.29, 1.82) is 0 Å². The summed E-state index contributed by atoms with van der Waals surface area (Å²) in [6, 6.07) is 30.3. The Morgan fingerprint density at radius 1 is 0.820 bits per heavy atom. The van der Waals surface area contributed by atoms with Gasteiger partial charge in [-0.3, -0.25) is 4.90 Å². The predicted molar refractivity (Wildman–Crippen MR) is 186 cm³/mol. The van der Waals surface area contributed by atoms with Gasteiger partial charge in [-0.05, 0) is 59.4 Å². The van der Waals surface area contributed by atoms with Crippen molar-refractivity contribution < 1.29 is 31.8 Å². The molecule has 6 nitrogen and oxygen atoms in total. The van der Waals surface area contributed by atoms with Crippen molar-refractivity contribution in [1.82, 2.24) is 14.5 Å². The number of unbranched alkanes of at least 4 members (excludes halogenated alkanes) is 1. The normalized spacial score (nSPS) is 12.8. The molecule has 0 fully saturated rings. The zero-order valence-corrected chi connectivity index (χ0v) is 28.4. The molecule has 1 aliphatic rings. The third-order valence-electron chi connectivity index (χ3n) is 8.70. The number of aromatic nitrogens is 2. The quantitative estimate of drug-likeness (QED) is 0.103. The number of hydrogen-bond donors (Lipinski definition) is 0. The number of alkyl halides is 4. The van der Waals surface area contributed by atoms with E-state index in [-0.39, 0.29) is 12.5 Å². The Morgan fingerprint density at radius 3 is 2.28 bits per heavy atom. The van der Waals surface area contributed by atoms with Gasteiger partial charge in [-0.25, -0.2) is 4.98 Å². The molecule has 6 rings (SSSR count). The van der Waals surface area contributed by atoms with Crippen LogP contribution in [0.15, 0.2) is 97.1 Å². The minimum Gasteiger partial charge on any atom is -0.454 e. The summed E-state index contributed by atoms with van der Waals surface area (Å²) >= 11 is 0. The van der Waals surface area contributed by atoms with Crippen molar-refractivity contribution >= 4 is 0 Å². The number of nitrogens with zero attached hydrogens (tertiary/aromatic N) is 3. The number of benzene rings is 4. The lowest BCUT2D eigenvalue weighted by atomic mass is 9.99. The van der Waals surface area contributed by atoms with E-state index in [1.165, 1.54) is 23.8 Å². The predicted octanol–water partition coefficient (Wildman–Crippen LogP) is 10.3. The molecule has 2 heterocycles. The Bertz CT molecular complexity index is 1890. The van der Waals surface area contributed by atoms with Crippen LogP contribution in [-0.4, -0.2) is 33.8 Å². The van der Waals surface area contributed by atoms with E-state index in [9.17, 15) is 17.6 Å². The van der Waals surface area contributed by atoms with Crippen LogP contribution in [-0.2, 0) is 26.2 Å². The highest BCUT2D eigenvalue weighted by Gasteiger charge is 2.44. The van der Waals surface area contributed by atoms with E-state index in [0.29, 0.717) is 42.6 Å². The molecule has 0 N–H and O–H groups in total. The zero-order chi connectivity index (χ0) is 35.3. The lowest BCUT2D eigenvalue weighted by Crippen LogP contribution is -2.33. The molecule has 10 heteroatoms. The summed E-state index contributed by atoms with van der Waals surface area (Å²) in [5.41, 5.74) is 6.67. The first-order chi connectivity index (χ1) is 24.1. The molecule has 0 amide bonds. The maximum atomic E-state index is 13.9. The second-order valence-corrected chi connectivity index (χ2v) is 12.8. The maximum absolute atomic E-state index is 13.9. The highest BCUT2D eigenvalue weighted by molar-refractivity contribution is 5.69. The van der Waals surface area contributed by atoms with E-state index in [1.54, 1.807) is 6.07 Å². The monoisotopic (exact) mass is 687 g/mol. The Kier molecular flexibility index (Phi) is 10.8. The van der Waals surface area contributed by atoms with E-state index in [2.05, 4.69) is 71.4 Å². The molecule has 0 unspecified atom stereocenters. The van der Waals surface area contributed by atoms with Gasteiger partial charge in [0.1, 0.15) is 11.6 Å². The minimum atomic E-state index is -4.61. The van der Waals surface area contributed by atoms with Gasteiger partial charge in [0.05, 0.1) is 11.4 Å². The van der Waals surface area contributed by atoms with Crippen LogP contribution in [0.1, 0.15) is 61.9 Å². The fourth-order valence-electron chi connectivity index (χ4n) is 6.13. The first kappa shape index (κ1) is 35.0. The van der Waals surface area contributed by atoms with Gasteiger partial charge in [-0.2, -0.15) is 17.6 Å². The summed E-state index contributed by atoms with van der Waals surface area (Å²) in [5, 5.41) is 0. The smallest absolute Gasteiger partial charge is 0.454 e. The van der Waals surface area contributed by atoms with Crippen LogP contribution in [0, 0.1) is 0 Å². The van der Waals surface area contributed by atoms with Gasteiger partial charge in [0, 0.05) is 37.3 Å². The molecule has 5 aromatic rings. The molecule has 262 valence electrons. The third-order valence-corrected chi connectivity index (χ3v) is 8.70. The molecule has 0 atom stereocenters. The van der Waals surface area contributed by atoms with E-state index >= 15 is 0 Å². The third kappa shape index (κ3) is 8.13. The molecule has 1 aliphatic heterocycles. The molecule has 0 spiro atoms. The SMILES string of the molecule is CCCCn1c(-c2ccccc2)nc(-c2cccc(C(C)C)c2)c1CN(Cc1cccc(OC(F)(F)C(F)F)c1)Cc1ccc2c(c1)OCO2. The molecule has 50 heavy (non-hydrogen) atoms. The summed E-state index contributed by atoms with van der Waals surface area (Å²) in [6.45, 7) is 8.58. The van der Waals surface area contributed by atoms with Gasteiger partial charge < -0.3 is 18.8 Å². The Morgan fingerprint density at radius 2 is 1.54 bits per heavy atom. The molecule has 4 aromatic carbocycles. The van der Waals surface area contributed by atoms with Crippen molar-refractivity contribution in [2.24, 2.45) is 0 Å². The average Bonchev–Trinajstić information content (AvgIpc) is 3.72. The standard InChI is InChI=1S/C40H41F4N3O3/c1-4-5-19-47-34(37(32-15-10-14-31(22-32)27(2)3)45-38(47)30-12-7-6-8-13-30)25-46(24-29-17-18-35-36(21-29)49-26-48-35)23-28-11-9-16-33(20-28)50-40(43,44)39(41)42/h6-18,20-22,27,39H,4-5,19,23-26H2,1-3H3. The summed E-state index contributed by atoms with van der Waals surface area (Å²) in [4.78, 5) is 7.50. The fraction of sp³-hybridized carbons (Fsp3) is 0.325. The second kappa shape index (κ2) is 15.4. The van der Waals surface area contributed by atoms with Crippen molar-refractivity contribution in [3.05, 3.63) is 119 Å². The van der Waals surface area contributed by atoms with E-state index in [1.807, 2.05) is 36.4 Å². The maximum Gasteiger partial charge on any atom is 0.461 e. The van der Waals surface area contributed by atoms with Gasteiger partial charge in [0.25, 0.3) is 0 Å². The van der Waals surface area contributed by atoms with Crippen molar-refractivity contribution in [2.75, 3.05) is 6.79 Å². The van der Waals surface area contributed by atoms with Crippen LogP contribution in [0.4, 0.5) is 17.6 Å². The van der Waals surface area contributed by atoms with Crippen LogP contribution in [0.25, 0.3) is 22.6 Å². The molecule has 1 aromatic heterocycles. The summed E-state index contributed by atoms with van der Waals surface area (Å²) in [7, 11) is 0. The Balaban J connectivity index is 1.45. The van der Waals surface area contributed by atoms with Crippen LogP contribution in [0.5, 0.6) is 17.2 Å². The van der Waals surface area contributed by atoms with Gasteiger partial charge in [0.2, 0.25) is 6.79 Å². The number of fused-ring (bicyclic) bond motifs is 1. The second-order valence-electron chi connectivity index (χ2n) is 12.8. The average molecular weight is 688 g/mol. The van der Waals surface area contributed by atoms with Crippen molar-refractivity contribution in [3.8, 4) is 39.9 Å². The molecule has 0 radical (unpaired) electrons. The van der Waals surface area contributed by atoms with E-state index in [4.69, 9.17) is 14.5 Å². The highest BCUT2D eigenvalue weighted by Crippen LogP contribution is 2.36. The van der Waals surface area contributed by atoms with Crippen molar-refractivity contribution in [2.45, 2.75) is 78.2 Å². The zero-order valence-electron chi connectivity index (χ0n) is 28.4. The summed E-state index contributed by atoms with van der Waals surface area (Å²) < 4.78 is 71.6. The number of ether oxygens (including phenoxy) is 3. The van der Waals surface area contributed by atoms with E-state index < -0.39 is 12.5 Å². The highest BCUT2D eigenvalue weighted by atomic mass is 19.3. The molecular weight excluding hydrogens is 646 g/mol. The van der Waals surface area contributed by atoms with Gasteiger partial charge >= 0.3 is 12.5 Å². The first-order valence-corrected chi connectivity index (χ1v) is 16.9.